The molecule has 1 amide bonds. The van der Waals surface area contributed by atoms with E-state index in [0.717, 1.165) is 44.8 Å². The van der Waals surface area contributed by atoms with Crippen LogP contribution in [0.4, 0.5) is 0 Å². The molecule has 100 valence electrons. The summed E-state index contributed by atoms with van der Waals surface area (Å²) in [6.07, 6.45) is 2.16. The van der Waals surface area contributed by atoms with Gasteiger partial charge in [-0.3, -0.25) is 9.69 Å². The lowest BCUT2D eigenvalue weighted by molar-refractivity contribution is -0.135. The molecule has 2 saturated heterocycles. The van der Waals surface area contributed by atoms with Crippen LogP contribution in [0.25, 0.3) is 0 Å². The van der Waals surface area contributed by atoms with E-state index in [4.69, 9.17) is 5.26 Å². The largest absolute Gasteiger partial charge is 0.339 e. The number of hydrogen-bond acceptors (Lipinski definition) is 4. The zero-order valence-corrected chi connectivity index (χ0v) is 12.0. The Morgan fingerprint density at radius 2 is 2.06 bits per heavy atom. The van der Waals surface area contributed by atoms with Crippen molar-refractivity contribution in [2.75, 3.05) is 31.9 Å². The molecule has 2 unspecified atom stereocenters. The molecule has 2 heterocycles. The lowest BCUT2D eigenvalue weighted by Crippen LogP contribution is -2.54. The van der Waals surface area contributed by atoms with Gasteiger partial charge in [-0.05, 0) is 32.4 Å². The van der Waals surface area contributed by atoms with Crippen LogP contribution in [-0.4, -0.2) is 58.4 Å². The van der Waals surface area contributed by atoms with E-state index in [1.807, 2.05) is 11.8 Å². The summed E-state index contributed by atoms with van der Waals surface area (Å²) in [5, 5.41) is 8.90. The normalized spacial score (nSPS) is 31.1. The van der Waals surface area contributed by atoms with E-state index in [0.29, 0.717) is 5.91 Å². The zero-order valence-electron chi connectivity index (χ0n) is 11.2. The Morgan fingerprint density at radius 3 is 2.56 bits per heavy atom. The molecule has 2 atom stereocenters. The summed E-state index contributed by atoms with van der Waals surface area (Å²) in [6.45, 7) is 7.17. The summed E-state index contributed by atoms with van der Waals surface area (Å²) in [6, 6.07) is 2.22. The van der Waals surface area contributed by atoms with E-state index in [1.165, 1.54) is 0 Å². The van der Waals surface area contributed by atoms with Crippen LogP contribution in [0.2, 0.25) is 0 Å². The van der Waals surface area contributed by atoms with Gasteiger partial charge in [0.05, 0.1) is 16.9 Å². The Morgan fingerprint density at radius 1 is 1.39 bits per heavy atom. The van der Waals surface area contributed by atoms with Crippen LogP contribution in [0.5, 0.6) is 0 Å². The molecular weight excluding hydrogens is 246 g/mol. The van der Waals surface area contributed by atoms with Gasteiger partial charge >= 0.3 is 0 Å². The Hall–Kier alpha value is -0.730. The Bertz CT molecular complexity index is 352. The summed E-state index contributed by atoms with van der Waals surface area (Å²) < 4.78 is -0.191. The van der Waals surface area contributed by atoms with E-state index < -0.39 is 0 Å². The minimum Gasteiger partial charge on any atom is -0.339 e. The maximum absolute atomic E-state index is 12.5. The quantitative estimate of drug-likeness (QED) is 0.757. The van der Waals surface area contributed by atoms with Crippen molar-refractivity contribution in [3.63, 3.8) is 0 Å². The van der Waals surface area contributed by atoms with Crippen LogP contribution in [0, 0.1) is 11.3 Å². The van der Waals surface area contributed by atoms with Crippen molar-refractivity contribution in [3.8, 4) is 6.07 Å². The number of amides is 1. The molecule has 5 heteroatoms. The molecule has 0 radical (unpaired) electrons. The molecule has 2 aliphatic rings. The van der Waals surface area contributed by atoms with Crippen LogP contribution in [-0.2, 0) is 4.79 Å². The third-order valence-corrected chi connectivity index (χ3v) is 5.52. The summed E-state index contributed by atoms with van der Waals surface area (Å²) in [5.74, 6) is 1.41. The van der Waals surface area contributed by atoms with Gasteiger partial charge in [0.25, 0.3) is 0 Å². The van der Waals surface area contributed by atoms with Gasteiger partial charge in [0.2, 0.25) is 5.91 Å². The molecule has 0 N–H and O–H groups in total. The fraction of sp³-hybridized carbons (Fsp3) is 0.846. The SMILES string of the molecule is CC(C#N)N1CCN(C(=O)C2(C)CCCS2)CC1. The van der Waals surface area contributed by atoms with Crippen molar-refractivity contribution in [1.82, 2.24) is 9.80 Å². The average molecular weight is 267 g/mol. The first-order chi connectivity index (χ1) is 8.57. The highest BCUT2D eigenvalue weighted by Gasteiger charge is 2.40. The predicted octanol–water partition coefficient (Wildman–Crippen LogP) is 1.33. The van der Waals surface area contributed by atoms with Crippen molar-refractivity contribution < 1.29 is 4.79 Å². The maximum Gasteiger partial charge on any atom is 0.238 e. The lowest BCUT2D eigenvalue weighted by atomic mass is 10.0. The number of carbonyl (C=O) groups is 1. The fourth-order valence-electron chi connectivity index (χ4n) is 2.68. The van der Waals surface area contributed by atoms with Crippen LogP contribution >= 0.6 is 11.8 Å². The van der Waals surface area contributed by atoms with Crippen molar-refractivity contribution in [1.29, 1.82) is 5.26 Å². The van der Waals surface area contributed by atoms with E-state index in [1.54, 1.807) is 11.8 Å². The van der Waals surface area contributed by atoms with Gasteiger partial charge in [-0.2, -0.15) is 5.26 Å². The maximum atomic E-state index is 12.5. The van der Waals surface area contributed by atoms with E-state index >= 15 is 0 Å². The van der Waals surface area contributed by atoms with E-state index in [2.05, 4.69) is 17.9 Å². The first-order valence-electron chi connectivity index (χ1n) is 6.64. The molecule has 18 heavy (non-hydrogen) atoms. The number of nitrogens with zero attached hydrogens (tertiary/aromatic N) is 3. The second-order valence-electron chi connectivity index (χ2n) is 5.32. The predicted molar refractivity (Wildman–Crippen MR) is 73.3 cm³/mol. The van der Waals surface area contributed by atoms with Gasteiger partial charge in [-0.1, -0.05) is 0 Å². The van der Waals surface area contributed by atoms with Gasteiger partial charge in [0, 0.05) is 26.2 Å². The van der Waals surface area contributed by atoms with Gasteiger partial charge in [0.1, 0.15) is 0 Å². The summed E-state index contributed by atoms with van der Waals surface area (Å²) in [5.41, 5.74) is 0. The zero-order chi connectivity index (χ0) is 13.2. The van der Waals surface area contributed by atoms with Gasteiger partial charge in [-0.15, -0.1) is 11.8 Å². The van der Waals surface area contributed by atoms with Crippen molar-refractivity contribution in [3.05, 3.63) is 0 Å². The van der Waals surface area contributed by atoms with E-state index in [-0.39, 0.29) is 10.8 Å². The Balaban J connectivity index is 1.90. The van der Waals surface area contributed by atoms with Crippen LogP contribution < -0.4 is 0 Å². The van der Waals surface area contributed by atoms with Gasteiger partial charge in [0.15, 0.2) is 0 Å². The third-order valence-electron chi connectivity index (χ3n) is 4.01. The minimum atomic E-state index is -0.191. The molecule has 0 aromatic rings. The number of rotatable bonds is 2. The highest BCUT2D eigenvalue weighted by atomic mass is 32.2. The average Bonchev–Trinajstić information content (AvgIpc) is 2.85. The molecule has 0 aliphatic carbocycles. The molecule has 2 aliphatic heterocycles. The third kappa shape index (κ3) is 2.65. The number of thioether (sulfide) groups is 1. The van der Waals surface area contributed by atoms with Gasteiger partial charge < -0.3 is 4.90 Å². The van der Waals surface area contributed by atoms with Crippen molar-refractivity contribution in [2.45, 2.75) is 37.5 Å². The molecule has 0 bridgehead atoms. The highest BCUT2D eigenvalue weighted by Crippen LogP contribution is 2.39. The Labute approximate surface area is 113 Å². The highest BCUT2D eigenvalue weighted by molar-refractivity contribution is 8.01. The smallest absolute Gasteiger partial charge is 0.238 e. The number of hydrogen-bond donors (Lipinski definition) is 0. The lowest BCUT2D eigenvalue weighted by Gasteiger charge is -2.39. The molecule has 4 nitrogen and oxygen atoms in total. The number of nitriles is 1. The molecule has 0 saturated carbocycles. The molecule has 0 aromatic carbocycles. The summed E-state index contributed by atoms with van der Waals surface area (Å²) >= 11 is 1.80. The van der Waals surface area contributed by atoms with Crippen LogP contribution in [0.1, 0.15) is 26.7 Å². The monoisotopic (exact) mass is 267 g/mol. The van der Waals surface area contributed by atoms with Crippen LogP contribution in [0.3, 0.4) is 0 Å². The van der Waals surface area contributed by atoms with E-state index in [9.17, 15) is 4.79 Å². The number of carbonyl (C=O) groups excluding carboxylic acids is 1. The standard InChI is InChI=1S/C13H21N3OS/c1-11(10-14)15-5-7-16(8-6-15)12(17)13(2)4-3-9-18-13/h11H,3-9H2,1-2H3. The second-order valence-corrected chi connectivity index (χ2v) is 6.91. The first-order valence-corrected chi connectivity index (χ1v) is 7.62. The fourth-order valence-corrected chi connectivity index (χ4v) is 3.96. The molecular formula is C13H21N3OS. The molecule has 0 spiro atoms. The second kappa shape index (κ2) is 5.50. The van der Waals surface area contributed by atoms with Crippen molar-refractivity contribution >= 4 is 17.7 Å². The first kappa shape index (κ1) is 13.7. The molecule has 0 aromatic heterocycles. The molecule has 2 rings (SSSR count). The molecule has 2 fully saturated rings. The minimum absolute atomic E-state index is 0.0429. The van der Waals surface area contributed by atoms with Crippen LogP contribution in [0.15, 0.2) is 0 Å². The van der Waals surface area contributed by atoms with Gasteiger partial charge in [-0.25, -0.2) is 0 Å². The topological polar surface area (TPSA) is 47.3 Å². The number of piperazine rings is 1. The van der Waals surface area contributed by atoms with Crippen molar-refractivity contribution in [2.24, 2.45) is 0 Å². The summed E-state index contributed by atoms with van der Waals surface area (Å²) in [7, 11) is 0. The summed E-state index contributed by atoms with van der Waals surface area (Å²) in [4.78, 5) is 16.6. The Kier molecular flexibility index (Phi) is 4.18.